The van der Waals surface area contributed by atoms with Crippen molar-refractivity contribution in [2.45, 2.75) is 185 Å². The number of carbonyl (C=O) groups excluding carboxylic acids is 2. The van der Waals surface area contributed by atoms with Crippen molar-refractivity contribution in [3.8, 4) is 0 Å². The Kier molecular flexibility index (Phi) is 32.2. The molecule has 0 aromatic heterocycles. The summed E-state index contributed by atoms with van der Waals surface area (Å²) >= 11 is 0. The second-order valence-electron chi connectivity index (χ2n) is 14.8. The zero-order valence-electron chi connectivity index (χ0n) is 35.5. The third kappa shape index (κ3) is 27.7. The predicted molar refractivity (Wildman–Crippen MR) is 230 cm³/mol. The van der Waals surface area contributed by atoms with E-state index >= 15 is 0 Å². The van der Waals surface area contributed by atoms with Crippen molar-refractivity contribution in [3.63, 3.8) is 0 Å². The summed E-state index contributed by atoms with van der Waals surface area (Å²) in [5.74, 6) is -1.15. The van der Waals surface area contributed by atoms with Crippen molar-refractivity contribution in [1.29, 1.82) is 0 Å². The van der Waals surface area contributed by atoms with E-state index in [0.717, 1.165) is 103 Å². The van der Waals surface area contributed by atoms with Crippen LogP contribution < -0.4 is 0 Å². The monoisotopic (exact) mass is 854 g/mol. The first kappa shape index (κ1) is 54.3. The maximum Gasteiger partial charge on any atom is 0.472 e. The van der Waals surface area contributed by atoms with Crippen LogP contribution in [0.3, 0.4) is 0 Å². The molecule has 1 aliphatic rings. The molecule has 0 spiro atoms. The lowest BCUT2D eigenvalue weighted by Crippen LogP contribution is -2.64. The molecule has 8 atom stereocenters. The number of ether oxygens (including phenoxy) is 2. The molecule has 14 heteroatoms. The quantitative estimate of drug-likeness (QED) is 0.0157. The van der Waals surface area contributed by atoms with Gasteiger partial charge in [0.2, 0.25) is 0 Å². The Hall–Kier alpha value is -2.71. The maximum atomic E-state index is 12.8. The van der Waals surface area contributed by atoms with Crippen LogP contribution in [0.2, 0.25) is 0 Å². The van der Waals surface area contributed by atoms with E-state index in [4.69, 9.17) is 18.5 Å². The van der Waals surface area contributed by atoms with E-state index in [1.165, 1.54) is 0 Å². The lowest BCUT2D eigenvalue weighted by Gasteiger charge is -2.41. The van der Waals surface area contributed by atoms with Gasteiger partial charge < -0.3 is 39.9 Å². The normalized spacial score (nSPS) is 23.1. The SMILES string of the molecule is CC/C=C\C/C=C/C/C=C\CCCCCCCC(=O)OCC(COP(=O)(O)OC1[C@@H](O)[C@H](O)C(O)[C@H](O)[C@@H]1O)OC(=O)CCCCCCC/C=C/C/C=C/C/C=C/CC. The topological polar surface area (TPSA) is 210 Å². The number of aliphatic hydroxyl groups is 5. The van der Waals surface area contributed by atoms with Crippen LogP contribution in [0.15, 0.2) is 72.9 Å². The van der Waals surface area contributed by atoms with Crippen LogP contribution in [0.1, 0.15) is 142 Å². The Bertz CT molecular complexity index is 1310. The van der Waals surface area contributed by atoms with Gasteiger partial charge in [0, 0.05) is 12.8 Å². The number of allylic oxidation sites excluding steroid dienone is 12. The predicted octanol–water partition coefficient (Wildman–Crippen LogP) is 7.94. The van der Waals surface area contributed by atoms with Crippen molar-refractivity contribution in [1.82, 2.24) is 0 Å². The second-order valence-corrected chi connectivity index (χ2v) is 16.2. The molecule has 0 saturated heterocycles. The van der Waals surface area contributed by atoms with Gasteiger partial charge in [-0.25, -0.2) is 4.57 Å². The first-order valence-electron chi connectivity index (χ1n) is 21.7. The van der Waals surface area contributed by atoms with Gasteiger partial charge in [-0.2, -0.15) is 0 Å². The van der Waals surface area contributed by atoms with E-state index in [0.29, 0.717) is 12.8 Å². The molecule has 0 aromatic carbocycles. The van der Waals surface area contributed by atoms with Crippen LogP contribution >= 0.6 is 7.82 Å². The standard InChI is InChI=1S/C45H75O13P/c1-3-5-7-9-11-13-15-17-19-21-23-25-27-29-31-33-38(46)55-35-37(36-56-59(53,54)58-45-43(51)41(49)40(48)42(50)44(45)52)57-39(47)34-32-30-28-26-24-22-20-18-16-14-12-10-8-6-4-2/h5-8,11-14,17-20,37,40-45,48-52H,3-4,9-10,15-16,21-36H2,1-2H3,(H,53,54)/b7-5-,8-6+,13-11+,14-12+,19-17-,20-18+/t37?,40?,41-,42+,43-,44-,45?/m0/s1. The molecule has 0 heterocycles. The molecule has 0 aliphatic heterocycles. The summed E-state index contributed by atoms with van der Waals surface area (Å²) in [6, 6.07) is 0. The van der Waals surface area contributed by atoms with Gasteiger partial charge in [0.15, 0.2) is 6.10 Å². The molecule has 6 N–H and O–H groups in total. The minimum Gasteiger partial charge on any atom is -0.462 e. The molecular weight excluding hydrogens is 779 g/mol. The van der Waals surface area contributed by atoms with Crippen LogP contribution in [0, 0.1) is 0 Å². The highest BCUT2D eigenvalue weighted by molar-refractivity contribution is 7.47. The lowest BCUT2D eigenvalue weighted by atomic mass is 9.85. The van der Waals surface area contributed by atoms with E-state index in [9.17, 15) is 44.6 Å². The fourth-order valence-corrected chi connectivity index (χ4v) is 7.05. The number of hydrogen-bond donors (Lipinski definition) is 6. The Labute approximate surface area is 353 Å². The van der Waals surface area contributed by atoms with Crippen LogP contribution in [0.4, 0.5) is 0 Å². The molecule has 0 aromatic rings. The Morgan fingerprint density at radius 3 is 1.39 bits per heavy atom. The van der Waals surface area contributed by atoms with E-state index in [2.05, 4.69) is 86.8 Å². The molecular formula is C45H75O13P. The van der Waals surface area contributed by atoms with Gasteiger partial charge in [-0.3, -0.25) is 18.6 Å². The van der Waals surface area contributed by atoms with E-state index in [1.807, 2.05) is 0 Å². The number of hydrogen-bond acceptors (Lipinski definition) is 12. The van der Waals surface area contributed by atoms with Crippen LogP contribution in [0.25, 0.3) is 0 Å². The molecule has 4 unspecified atom stereocenters. The third-order valence-electron chi connectivity index (χ3n) is 9.54. The van der Waals surface area contributed by atoms with Gasteiger partial charge in [-0.1, -0.05) is 125 Å². The highest BCUT2D eigenvalue weighted by atomic mass is 31.2. The highest BCUT2D eigenvalue weighted by Gasteiger charge is 2.51. The summed E-state index contributed by atoms with van der Waals surface area (Å²) in [7, 11) is -5.13. The first-order chi connectivity index (χ1) is 28.4. The average Bonchev–Trinajstić information content (AvgIpc) is 3.21. The third-order valence-corrected chi connectivity index (χ3v) is 10.5. The molecule has 1 saturated carbocycles. The average molecular weight is 855 g/mol. The van der Waals surface area contributed by atoms with Crippen LogP contribution in [-0.4, -0.2) is 98.3 Å². The van der Waals surface area contributed by atoms with Crippen molar-refractivity contribution in [2.24, 2.45) is 0 Å². The molecule has 1 rings (SSSR count). The van der Waals surface area contributed by atoms with Crippen LogP contribution in [-0.2, 0) is 32.7 Å². The van der Waals surface area contributed by atoms with Crippen molar-refractivity contribution >= 4 is 19.8 Å². The van der Waals surface area contributed by atoms with E-state index in [-0.39, 0.29) is 12.8 Å². The second kappa shape index (κ2) is 34.9. The van der Waals surface area contributed by atoms with Gasteiger partial charge >= 0.3 is 19.8 Å². The zero-order valence-corrected chi connectivity index (χ0v) is 36.4. The Morgan fingerprint density at radius 2 is 0.915 bits per heavy atom. The molecule has 1 aliphatic carbocycles. The first-order valence-corrected chi connectivity index (χ1v) is 23.2. The van der Waals surface area contributed by atoms with Gasteiger partial charge in [0.05, 0.1) is 6.61 Å². The number of unbranched alkanes of at least 4 members (excludes halogenated alkanes) is 10. The summed E-state index contributed by atoms with van der Waals surface area (Å²) in [4.78, 5) is 35.6. The van der Waals surface area contributed by atoms with Gasteiger partial charge in [0.1, 0.15) is 43.2 Å². The summed E-state index contributed by atoms with van der Waals surface area (Å²) in [6.07, 6.45) is 29.6. The number of phosphoric acid groups is 1. The molecule has 13 nitrogen and oxygen atoms in total. The fourth-order valence-electron chi connectivity index (χ4n) is 6.08. The lowest BCUT2D eigenvalue weighted by molar-refractivity contribution is -0.220. The minimum atomic E-state index is -5.13. The Balaban J connectivity index is 2.52. The largest absolute Gasteiger partial charge is 0.472 e. The van der Waals surface area contributed by atoms with E-state index in [1.54, 1.807) is 0 Å². The number of esters is 2. The molecule has 59 heavy (non-hydrogen) atoms. The van der Waals surface area contributed by atoms with E-state index < -0.39 is 75.7 Å². The number of carbonyl (C=O) groups is 2. The smallest absolute Gasteiger partial charge is 0.462 e. The number of rotatable bonds is 34. The Morgan fingerprint density at radius 1 is 0.525 bits per heavy atom. The van der Waals surface area contributed by atoms with Crippen LogP contribution in [0.5, 0.6) is 0 Å². The maximum absolute atomic E-state index is 12.8. The molecule has 0 bridgehead atoms. The van der Waals surface area contributed by atoms with Crippen molar-refractivity contribution < 1.29 is 63.1 Å². The van der Waals surface area contributed by atoms with Crippen molar-refractivity contribution in [2.75, 3.05) is 13.2 Å². The number of aliphatic hydroxyl groups excluding tert-OH is 5. The van der Waals surface area contributed by atoms with Gasteiger partial charge in [0.25, 0.3) is 0 Å². The summed E-state index contributed by atoms with van der Waals surface area (Å²) in [5, 5.41) is 50.1. The summed E-state index contributed by atoms with van der Waals surface area (Å²) in [5.41, 5.74) is 0. The molecule has 1 fully saturated rings. The summed E-state index contributed by atoms with van der Waals surface area (Å²) < 4.78 is 33.4. The van der Waals surface area contributed by atoms with Gasteiger partial charge in [-0.05, 0) is 77.0 Å². The zero-order chi connectivity index (χ0) is 43.6. The minimum absolute atomic E-state index is 0.0692. The highest BCUT2D eigenvalue weighted by Crippen LogP contribution is 2.47. The van der Waals surface area contributed by atoms with Crippen molar-refractivity contribution in [3.05, 3.63) is 72.9 Å². The molecule has 0 amide bonds. The van der Waals surface area contributed by atoms with Gasteiger partial charge in [-0.15, -0.1) is 0 Å². The summed E-state index contributed by atoms with van der Waals surface area (Å²) in [6.45, 7) is 3.02. The fraction of sp³-hybridized carbons (Fsp3) is 0.689. The molecule has 0 radical (unpaired) electrons. The number of phosphoric ester groups is 1. The molecule has 338 valence electrons.